The molecule has 0 atom stereocenters. The van der Waals surface area contributed by atoms with Crippen LogP contribution in [0.15, 0.2) is 45.8 Å². The molecule has 0 heterocycles. The highest BCUT2D eigenvalue weighted by atomic mass is 79.9. The van der Waals surface area contributed by atoms with Crippen LogP contribution in [0.3, 0.4) is 0 Å². The Kier molecular flexibility index (Phi) is 5.78. The summed E-state index contributed by atoms with van der Waals surface area (Å²) in [4.78, 5) is -0.372. The normalized spacial score (nSPS) is 11.5. The minimum Gasteiger partial charge on any atom is -0.496 e. The summed E-state index contributed by atoms with van der Waals surface area (Å²) in [5.41, 5.74) is 1.95. The fourth-order valence-electron chi connectivity index (χ4n) is 2.18. The number of nitrogens with one attached hydrogen (secondary N) is 1. The third kappa shape index (κ3) is 4.53. The molecule has 0 spiro atoms. The summed E-state index contributed by atoms with van der Waals surface area (Å²) < 4.78 is 46.3. The lowest BCUT2D eigenvalue weighted by Crippen LogP contribution is -2.27. The molecule has 2 aromatic rings. The number of benzene rings is 2. The van der Waals surface area contributed by atoms with Crippen LogP contribution in [-0.2, 0) is 16.4 Å². The van der Waals surface area contributed by atoms with Crippen molar-refractivity contribution >= 4 is 26.0 Å². The molecule has 0 fully saturated rings. The van der Waals surface area contributed by atoms with Gasteiger partial charge in [-0.3, -0.25) is 0 Å². The van der Waals surface area contributed by atoms with Crippen LogP contribution in [0.2, 0.25) is 0 Å². The Labute approximate surface area is 143 Å². The van der Waals surface area contributed by atoms with Gasteiger partial charge in [-0.25, -0.2) is 17.5 Å². The first-order chi connectivity index (χ1) is 10.8. The summed E-state index contributed by atoms with van der Waals surface area (Å²) >= 11 is 3.15. The van der Waals surface area contributed by atoms with E-state index in [-0.39, 0.29) is 11.4 Å². The Bertz CT molecular complexity index is 809. The lowest BCUT2D eigenvalue weighted by atomic mass is 10.1. The molecule has 0 radical (unpaired) electrons. The minimum atomic E-state index is -3.91. The van der Waals surface area contributed by atoms with Gasteiger partial charge < -0.3 is 4.74 Å². The minimum absolute atomic E-state index is 0.147. The maximum Gasteiger partial charge on any atom is 0.243 e. The van der Waals surface area contributed by atoms with E-state index < -0.39 is 15.8 Å². The Morgan fingerprint density at radius 2 is 1.96 bits per heavy atom. The van der Waals surface area contributed by atoms with Crippen molar-refractivity contribution in [1.82, 2.24) is 4.72 Å². The largest absolute Gasteiger partial charge is 0.496 e. The van der Waals surface area contributed by atoms with E-state index in [0.29, 0.717) is 16.6 Å². The predicted molar refractivity (Wildman–Crippen MR) is 90.7 cm³/mol. The zero-order chi connectivity index (χ0) is 17.0. The van der Waals surface area contributed by atoms with Gasteiger partial charge in [-0.2, -0.15) is 0 Å². The summed E-state index contributed by atoms with van der Waals surface area (Å²) in [7, 11) is -2.34. The lowest BCUT2D eigenvalue weighted by molar-refractivity contribution is 0.409. The monoisotopic (exact) mass is 401 g/mol. The van der Waals surface area contributed by atoms with Crippen LogP contribution in [0.5, 0.6) is 5.75 Å². The molecule has 0 saturated carbocycles. The van der Waals surface area contributed by atoms with E-state index in [2.05, 4.69) is 20.7 Å². The zero-order valence-corrected chi connectivity index (χ0v) is 15.2. The molecule has 2 rings (SSSR count). The topological polar surface area (TPSA) is 55.4 Å². The molecule has 1 N–H and O–H groups in total. The maximum atomic E-state index is 13.7. The van der Waals surface area contributed by atoms with Crippen molar-refractivity contribution in [2.24, 2.45) is 0 Å². The average molecular weight is 402 g/mol. The third-order valence-electron chi connectivity index (χ3n) is 3.31. The van der Waals surface area contributed by atoms with Gasteiger partial charge in [0.1, 0.15) is 16.5 Å². The van der Waals surface area contributed by atoms with Crippen molar-refractivity contribution < 1.29 is 17.5 Å². The van der Waals surface area contributed by atoms with E-state index in [1.54, 1.807) is 7.11 Å². The van der Waals surface area contributed by atoms with Crippen LogP contribution in [-0.4, -0.2) is 22.1 Å². The van der Waals surface area contributed by atoms with Gasteiger partial charge in [0.15, 0.2) is 0 Å². The van der Waals surface area contributed by atoms with E-state index in [1.165, 1.54) is 12.1 Å². The number of methoxy groups -OCH3 is 1. The summed E-state index contributed by atoms with van der Waals surface area (Å²) in [5.74, 6) is -0.0859. The van der Waals surface area contributed by atoms with Crippen LogP contribution in [0.4, 0.5) is 4.39 Å². The van der Waals surface area contributed by atoms with E-state index in [4.69, 9.17) is 4.74 Å². The molecule has 7 heteroatoms. The summed E-state index contributed by atoms with van der Waals surface area (Å²) in [6.07, 6.45) is 0.444. The molecular weight excluding hydrogens is 385 g/mol. The van der Waals surface area contributed by atoms with Gasteiger partial charge in [-0.1, -0.05) is 33.6 Å². The number of sulfonamides is 1. The molecule has 0 unspecified atom stereocenters. The second-order valence-corrected chi connectivity index (χ2v) is 7.69. The van der Waals surface area contributed by atoms with Gasteiger partial charge >= 0.3 is 0 Å². The second kappa shape index (κ2) is 7.42. The highest BCUT2D eigenvalue weighted by molar-refractivity contribution is 9.10. The summed E-state index contributed by atoms with van der Waals surface area (Å²) in [6.45, 7) is 2.10. The number of halogens is 2. The molecule has 0 saturated heterocycles. The SMILES string of the molecule is COc1ccc(C)cc1CCNS(=O)(=O)c1cc(Br)ccc1F. The number of aryl methyl sites for hydroxylation is 1. The molecule has 0 aromatic heterocycles. The van der Waals surface area contributed by atoms with E-state index in [0.717, 1.165) is 17.2 Å². The standard InChI is InChI=1S/C16H17BrFNO3S/c1-11-3-6-15(22-2)12(9-11)7-8-19-23(20,21)16-10-13(17)4-5-14(16)18/h3-6,9-10,19H,7-8H2,1-2H3. The molecular formula is C16H17BrFNO3S. The van der Waals surface area contributed by atoms with Gasteiger partial charge in [0.2, 0.25) is 10.0 Å². The number of hydrogen-bond acceptors (Lipinski definition) is 3. The van der Waals surface area contributed by atoms with Crippen LogP contribution >= 0.6 is 15.9 Å². The highest BCUT2D eigenvalue weighted by Crippen LogP contribution is 2.21. The van der Waals surface area contributed by atoms with Crippen molar-refractivity contribution in [1.29, 1.82) is 0 Å². The van der Waals surface area contributed by atoms with E-state index in [9.17, 15) is 12.8 Å². The molecule has 0 amide bonds. The Hall–Kier alpha value is -1.44. The van der Waals surface area contributed by atoms with Crippen molar-refractivity contribution in [3.63, 3.8) is 0 Å². The molecule has 0 aliphatic heterocycles. The molecule has 0 aliphatic rings. The van der Waals surface area contributed by atoms with Gasteiger partial charge in [-0.15, -0.1) is 0 Å². The first-order valence-electron chi connectivity index (χ1n) is 6.92. The molecule has 23 heavy (non-hydrogen) atoms. The maximum absolute atomic E-state index is 13.7. The van der Waals surface area contributed by atoms with E-state index in [1.807, 2.05) is 25.1 Å². The van der Waals surface area contributed by atoms with Gasteiger partial charge in [-0.05, 0) is 43.2 Å². The summed E-state index contributed by atoms with van der Waals surface area (Å²) in [5, 5.41) is 0. The van der Waals surface area contributed by atoms with Crippen molar-refractivity contribution in [2.45, 2.75) is 18.2 Å². The lowest BCUT2D eigenvalue weighted by Gasteiger charge is -2.11. The number of ether oxygens (including phenoxy) is 1. The van der Waals surface area contributed by atoms with Crippen molar-refractivity contribution in [3.05, 3.63) is 57.8 Å². The first kappa shape index (κ1) is 17.9. The molecule has 2 aromatic carbocycles. The van der Waals surface area contributed by atoms with Crippen LogP contribution < -0.4 is 9.46 Å². The molecule has 4 nitrogen and oxygen atoms in total. The predicted octanol–water partition coefficient (Wildman–Crippen LogP) is 3.43. The average Bonchev–Trinajstić information content (AvgIpc) is 2.49. The molecule has 0 aliphatic carbocycles. The number of hydrogen-bond donors (Lipinski definition) is 1. The summed E-state index contributed by atoms with van der Waals surface area (Å²) in [6, 6.07) is 9.50. The zero-order valence-electron chi connectivity index (χ0n) is 12.8. The van der Waals surface area contributed by atoms with Crippen molar-refractivity contribution in [2.75, 3.05) is 13.7 Å². The van der Waals surface area contributed by atoms with Crippen LogP contribution in [0.1, 0.15) is 11.1 Å². The first-order valence-corrected chi connectivity index (χ1v) is 9.19. The molecule has 124 valence electrons. The third-order valence-corrected chi connectivity index (χ3v) is 5.27. The Balaban J connectivity index is 2.11. The quantitative estimate of drug-likeness (QED) is 0.806. The fourth-order valence-corrected chi connectivity index (χ4v) is 3.83. The Morgan fingerprint density at radius 3 is 2.65 bits per heavy atom. The second-order valence-electron chi connectivity index (χ2n) is 5.04. The Morgan fingerprint density at radius 1 is 1.22 bits per heavy atom. The number of rotatable bonds is 6. The van der Waals surface area contributed by atoms with E-state index >= 15 is 0 Å². The fraction of sp³-hybridized carbons (Fsp3) is 0.250. The molecule has 0 bridgehead atoms. The van der Waals surface area contributed by atoms with Gasteiger partial charge in [0.25, 0.3) is 0 Å². The van der Waals surface area contributed by atoms with Gasteiger partial charge in [0, 0.05) is 11.0 Å². The smallest absolute Gasteiger partial charge is 0.243 e. The van der Waals surface area contributed by atoms with Crippen LogP contribution in [0.25, 0.3) is 0 Å². The van der Waals surface area contributed by atoms with Gasteiger partial charge in [0.05, 0.1) is 7.11 Å². The highest BCUT2D eigenvalue weighted by Gasteiger charge is 2.19. The van der Waals surface area contributed by atoms with Crippen LogP contribution in [0, 0.1) is 12.7 Å². The van der Waals surface area contributed by atoms with Crippen molar-refractivity contribution in [3.8, 4) is 5.75 Å².